The summed E-state index contributed by atoms with van der Waals surface area (Å²) in [6.07, 6.45) is 1.35. The van der Waals surface area contributed by atoms with Crippen LogP contribution in [0.25, 0.3) is 0 Å². The molecule has 1 atom stereocenters. The Hall–Kier alpha value is -0.690. The van der Waals surface area contributed by atoms with Gasteiger partial charge in [0.1, 0.15) is 0 Å². The SMILES string of the molecule is [NH]C(=O)C(CCCN)N(CCN)CCN. The lowest BCUT2D eigenvalue weighted by molar-refractivity contribution is -0.124. The van der Waals surface area contributed by atoms with Crippen molar-refractivity contribution in [1.29, 1.82) is 0 Å². The largest absolute Gasteiger partial charge is 0.330 e. The summed E-state index contributed by atoms with van der Waals surface area (Å²) in [5.41, 5.74) is 23.5. The second-order valence-corrected chi connectivity index (χ2v) is 3.42. The van der Waals surface area contributed by atoms with Crippen molar-refractivity contribution in [3.63, 3.8) is 0 Å². The van der Waals surface area contributed by atoms with E-state index in [-0.39, 0.29) is 0 Å². The first-order valence-electron chi connectivity index (χ1n) is 5.27. The van der Waals surface area contributed by atoms with Crippen LogP contribution in [0.3, 0.4) is 0 Å². The van der Waals surface area contributed by atoms with Gasteiger partial charge in [-0.3, -0.25) is 15.4 Å². The van der Waals surface area contributed by atoms with E-state index in [0.717, 1.165) is 6.42 Å². The highest BCUT2D eigenvalue weighted by atomic mass is 16.1. The zero-order valence-corrected chi connectivity index (χ0v) is 9.11. The van der Waals surface area contributed by atoms with Crippen LogP contribution in [-0.4, -0.2) is 49.6 Å². The van der Waals surface area contributed by atoms with Crippen LogP contribution in [0.1, 0.15) is 12.8 Å². The molecule has 0 aromatic rings. The monoisotopic (exact) mass is 216 g/mol. The van der Waals surface area contributed by atoms with E-state index in [4.69, 9.17) is 22.9 Å². The number of amides is 1. The summed E-state index contributed by atoms with van der Waals surface area (Å²) in [5.74, 6) is -0.578. The maximum Gasteiger partial charge on any atom is 0.255 e. The van der Waals surface area contributed by atoms with Crippen molar-refractivity contribution < 1.29 is 4.79 Å². The minimum atomic E-state index is -0.578. The normalized spacial score (nSPS) is 13.1. The molecule has 0 rings (SSSR count). The number of nitrogens with one attached hydrogen (secondary N) is 1. The van der Waals surface area contributed by atoms with Crippen LogP contribution in [0.4, 0.5) is 0 Å². The Bertz CT molecular complexity index is 170. The van der Waals surface area contributed by atoms with Crippen molar-refractivity contribution in [2.45, 2.75) is 18.9 Å². The van der Waals surface area contributed by atoms with Crippen LogP contribution in [0.2, 0.25) is 0 Å². The van der Waals surface area contributed by atoms with E-state index in [2.05, 4.69) is 0 Å². The molecule has 0 spiro atoms. The fourth-order valence-electron chi connectivity index (χ4n) is 1.55. The Morgan fingerprint density at radius 1 is 1.13 bits per heavy atom. The van der Waals surface area contributed by atoms with Crippen molar-refractivity contribution >= 4 is 5.91 Å². The van der Waals surface area contributed by atoms with Crippen LogP contribution >= 0.6 is 0 Å². The van der Waals surface area contributed by atoms with Gasteiger partial charge < -0.3 is 17.2 Å². The number of hydrogen-bond acceptors (Lipinski definition) is 5. The van der Waals surface area contributed by atoms with Gasteiger partial charge in [0.05, 0.1) is 6.04 Å². The predicted molar refractivity (Wildman–Crippen MR) is 59.9 cm³/mol. The molecule has 0 heterocycles. The number of nitrogens with zero attached hydrogens (tertiary/aromatic N) is 1. The Balaban J connectivity index is 4.30. The first-order valence-corrected chi connectivity index (χ1v) is 5.27. The maximum atomic E-state index is 11.1. The standard InChI is InChI=1S/C9H22N5O/c10-3-1-2-8(9(13)15)14(6-4-11)7-5-12/h8,13H,1-7,10-12H2. The van der Waals surface area contributed by atoms with Gasteiger partial charge in [0.2, 0.25) is 0 Å². The molecule has 89 valence electrons. The zero-order chi connectivity index (χ0) is 11.7. The second kappa shape index (κ2) is 8.60. The van der Waals surface area contributed by atoms with Crippen molar-refractivity contribution in [1.82, 2.24) is 10.6 Å². The molecule has 7 N–H and O–H groups in total. The number of carbonyl (C=O) groups is 1. The fraction of sp³-hybridized carbons (Fsp3) is 0.889. The smallest absolute Gasteiger partial charge is 0.255 e. The van der Waals surface area contributed by atoms with Crippen LogP contribution in [0.15, 0.2) is 0 Å². The molecular weight excluding hydrogens is 194 g/mol. The lowest BCUT2D eigenvalue weighted by Crippen LogP contribution is -2.46. The molecule has 1 amide bonds. The summed E-state index contributed by atoms with van der Waals surface area (Å²) in [4.78, 5) is 13.0. The van der Waals surface area contributed by atoms with E-state index in [1.165, 1.54) is 0 Å². The van der Waals surface area contributed by atoms with Gasteiger partial charge in [-0.25, -0.2) is 0 Å². The van der Waals surface area contributed by atoms with Crippen LogP contribution in [-0.2, 0) is 4.79 Å². The fourth-order valence-corrected chi connectivity index (χ4v) is 1.55. The van der Waals surface area contributed by atoms with Crippen LogP contribution in [0.5, 0.6) is 0 Å². The van der Waals surface area contributed by atoms with Crippen LogP contribution < -0.4 is 22.9 Å². The molecule has 0 aromatic carbocycles. The lowest BCUT2D eigenvalue weighted by Gasteiger charge is -2.28. The molecule has 0 saturated carbocycles. The van der Waals surface area contributed by atoms with Gasteiger partial charge in [-0.05, 0) is 19.4 Å². The number of rotatable bonds is 9. The van der Waals surface area contributed by atoms with E-state index >= 15 is 0 Å². The first-order chi connectivity index (χ1) is 7.17. The number of nitrogens with two attached hydrogens (primary N) is 3. The van der Waals surface area contributed by atoms with Gasteiger partial charge in [0.25, 0.3) is 5.91 Å². The van der Waals surface area contributed by atoms with Crippen molar-refractivity contribution in [2.75, 3.05) is 32.7 Å². The Labute approximate surface area is 90.9 Å². The Morgan fingerprint density at radius 3 is 2.00 bits per heavy atom. The van der Waals surface area contributed by atoms with Gasteiger partial charge in [-0.1, -0.05) is 0 Å². The average Bonchev–Trinajstić information content (AvgIpc) is 2.18. The molecule has 6 heteroatoms. The molecule has 0 aliphatic rings. The Morgan fingerprint density at radius 2 is 1.67 bits per heavy atom. The average molecular weight is 216 g/mol. The number of carbonyl (C=O) groups excluding carboxylic acids is 1. The van der Waals surface area contributed by atoms with E-state index in [0.29, 0.717) is 39.1 Å². The third-order valence-electron chi connectivity index (χ3n) is 2.26. The van der Waals surface area contributed by atoms with E-state index in [1.807, 2.05) is 4.90 Å². The quantitative estimate of drug-likeness (QED) is 0.416. The minimum Gasteiger partial charge on any atom is -0.330 e. The van der Waals surface area contributed by atoms with Crippen molar-refractivity contribution in [2.24, 2.45) is 17.2 Å². The molecule has 0 bridgehead atoms. The van der Waals surface area contributed by atoms with Crippen molar-refractivity contribution in [3.05, 3.63) is 0 Å². The summed E-state index contributed by atoms with van der Waals surface area (Å²) < 4.78 is 0. The molecule has 0 aliphatic heterocycles. The number of hydrogen-bond donors (Lipinski definition) is 3. The molecule has 0 aromatic heterocycles. The second-order valence-electron chi connectivity index (χ2n) is 3.42. The lowest BCUT2D eigenvalue weighted by atomic mass is 10.1. The molecule has 0 saturated heterocycles. The molecular formula is C9H22N5O. The highest BCUT2D eigenvalue weighted by Gasteiger charge is 2.22. The van der Waals surface area contributed by atoms with Gasteiger partial charge in [-0.15, -0.1) is 0 Å². The first kappa shape index (κ1) is 14.3. The summed E-state index contributed by atoms with van der Waals surface area (Å²) >= 11 is 0. The topological polar surface area (TPSA) is 122 Å². The van der Waals surface area contributed by atoms with Gasteiger partial charge in [-0.2, -0.15) is 0 Å². The third-order valence-corrected chi connectivity index (χ3v) is 2.26. The molecule has 1 unspecified atom stereocenters. The van der Waals surface area contributed by atoms with Gasteiger partial charge in [0.15, 0.2) is 0 Å². The van der Waals surface area contributed by atoms with Crippen LogP contribution in [0, 0.1) is 0 Å². The Kier molecular flexibility index (Phi) is 8.21. The van der Waals surface area contributed by atoms with Crippen molar-refractivity contribution in [3.8, 4) is 0 Å². The third kappa shape index (κ3) is 5.68. The highest BCUT2D eigenvalue weighted by Crippen LogP contribution is 2.06. The summed E-state index contributed by atoms with van der Waals surface area (Å²) in [6, 6.07) is -0.402. The van der Waals surface area contributed by atoms with E-state index < -0.39 is 11.9 Å². The van der Waals surface area contributed by atoms with Gasteiger partial charge in [0, 0.05) is 26.2 Å². The maximum absolute atomic E-state index is 11.1. The molecule has 6 nitrogen and oxygen atoms in total. The molecule has 0 aliphatic carbocycles. The zero-order valence-electron chi connectivity index (χ0n) is 9.11. The van der Waals surface area contributed by atoms with E-state index in [9.17, 15) is 4.79 Å². The molecule has 0 fully saturated rings. The predicted octanol–water partition coefficient (Wildman–Crippen LogP) is -1.88. The molecule has 15 heavy (non-hydrogen) atoms. The minimum absolute atomic E-state index is 0.402. The highest BCUT2D eigenvalue weighted by molar-refractivity contribution is 5.79. The molecule has 1 radical (unpaired) electrons. The van der Waals surface area contributed by atoms with Gasteiger partial charge >= 0.3 is 0 Å². The summed E-state index contributed by atoms with van der Waals surface area (Å²) in [5, 5.41) is 0. The summed E-state index contributed by atoms with van der Waals surface area (Å²) in [7, 11) is 0. The van der Waals surface area contributed by atoms with E-state index in [1.54, 1.807) is 0 Å². The summed E-state index contributed by atoms with van der Waals surface area (Å²) in [6.45, 7) is 2.65.